The van der Waals surface area contributed by atoms with Gasteiger partial charge in [-0.25, -0.2) is 0 Å². The fourth-order valence-electron chi connectivity index (χ4n) is 2.70. The van der Waals surface area contributed by atoms with Crippen molar-refractivity contribution in [1.82, 2.24) is 15.5 Å². The third-order valence-corrected chi connectivity index (χ3v) is 4.20. The van der Waals surface area contributed by atoms with E-state index < -0.39 is 5.91 Å². The molecule has 1 unspecified atom stereocenters. The second-order valence-corrected chi connectivity index (χ2v) is 6.32. The lowest BCUT2D eigenvalue weighted by atomic mass is 9.88. The molecule has 3 aromatic rings. The van der Waals surface area contributed by atoms with E-state index in [1.54, 1.807) is 6.07 Å². The van der Waals surface area contributed by atoms with Crippen LogP contribution in [0.2, 0.25) is 5.02 Å². The summed E-state index contributed by atoms with van der Waals surface area (Å²) in [6.45, 7) is 0.0344. The van der Waals surface area contributed by atoms with Crippen molar-refractivity contribution in [2.24, 2.45) is 5.73 Å². The molecular formula is C19H17ClN4O3. The summed E-state index contributed by atoms with van der Waals surface area (Å²) in [4.78, 5) is 27.2. The molecule has 138 valence electrons. The molecule has 0 fully saturated rings. The molecule has 3 N–H and O–H groups in total. The van der Waals surface area contributed by atoms with E-state index in [9.17, 15) is 9.59 Å². The van der Waals surface area contributed by atoms with Gasteiger partial charge in [-0.1, -0.05) is 59.2 Å². The molecule has 27 heavy (non-hydrogen) atoms. The smallest absolute Gasteiger partial charge is 0.315 e. The summed E-state index contributed by atoms with van der Waals surface area (Å²) in [7, 11) is 0. The van der Waals surface area contributed by atoms with E-state index >= 15 is 0 Å². The van der Waals surface area contributed by atoms with Gasteiger partial charge in [-0.2, -0.15) is 4.98 Å². The molecule has 1 aromatic heterocycles. The van der Waals surface area contributed by atoms with Crippen molar-refractivity contribution in [3.63, 3.8) is 0 Å². The number of rotatable bonds is 7. The lowest BCUT2D eigenvalue weighted by Crippen LogP contribution is -2.25. The molecule has 2 amide bonds. The van der Waals surface area contributed by atoms with Crippen LogP contribution in [0.4, 0.5) is 0 Å². The molecule has 0 aliphatic carbocycles. The van der Waals surface area contributed by atoms with Crippen molar-refractivity contribution < 1.29 is 14.1 Å². The third-order valence-electron chi connectivity index (χ3n) is 3.97. The molecule has 0 saturated carbocycles. The topological polar surface area (TPSA) is 111 Å². The molecule has 0 saturated heterocycles. The molecule has 0 aliphatic rings. The highest BCUT2D eigenvalue weighted by Crippen LogP contribution is 2.29. The molecule has 1 atom stereocenters. The number of primary amides is 1. The number of carbonyl (C=O) groups is 2. The maximum Gasteiger partial charge on any atom is 0.315 e. The number of nitrogens with two attached hydrogens (primary N) is 1. The first-order valence-electron chi connectivity index (χ1n) is 8.22. The van der Waals surface area contributed by atoms with Gasteiger partial charge in [0, 0.05) is 17.4 Å². The Balaban J connectivity index is 1.71. The Morgan fingerprint density at radius 2 is 1.85 bits per heavy atom. The van der Waals surface area contributed by atoms with Gasteiger partial charge in [0.25, 0.3) is 0 Å². The zero-order valence-corrected chi connectivity index (χ0v) is 15.0. The van der Waals surface area contributed by atoms with Gasteiger partial charge in [0.05, 0.1) is 6.54 Å². The average Bonchev–Trinajstić information content (AvgIpc) is 3.14. The third kappa shape index (κ3) is 4.92. The van der Waals surface area contributed by atoms with Gasteiger partial charge >= 0.3 is 11.8 Å². The molecular weight excluding hydrogens is 368 g/mol. The van der Waals surface area contributed by atoms with Crippen LogP contribution in [-0.4, -0.2) is 22.0 Å². The Labute approximate surface area is 160 Å². The van der Waals surface area contributed by atoms with Gasteiger partial charge in [0.1, 0.15) is 0 Å². The fourth-order valence-corrected chi connectivity index (χ4v) is 2.90. The van der Waals surface area contributed by atoms with Crippen LogP contribution in [0, 0.1) is 0 Å². The highest BCUT2D eigenvalue weighted by atomic mass is 35.5. The van der Waals surface area contributed by atoms with Crippen LogP contribution in [0.25, 0.3) is 0 Å². The number of nitrogens with one attached hydrogen (secondary N) is 1. The predicted molar refractivity (Wildman–Crippen MR) is 99.0 cm³/mol. The van der Waals surface area contributed by atoms with Crippen molar-refractivity contribution in [3.05, 3.63) is 82.5 Å². The highest BCUT2D eigenvalue weighted by Gasteiger charge is 2.19. The number of nitrogens with zero attached hydrogens (tertiary/aromatic N) is 2. The molecule has 7 nitrogen and oxygen atoms in total. The summed E-state index contributed by atoms with van der Waals surface area (Å²) in [5.74, 6) is -1.28. The van der Waals surface area contributed by atoms with Crippen molar-refractivity contribution in [2.45, 2.75) is 18.9 Å². The summed E-state index contributed by atoms with van der Waals surface area (Å²) < 4.78 is 4.69. The number of hydrogen-bond donors (Lipinski definition) is 2. The highest BCUT2D eigenvalue weighted by molar-refractivity contribution is 6.30. The molecule has 0 spiro atoms. The van der Waals surface area contributed by atoms with Crippen LogP contribution in [0.1, 0.15) is 40.0 Å². The largest absolute Gasteiger partial charge is 0.361 e. The van der Waals surface area contributed by atoms with Crippen molar-refractivity contribution >= 4 is 23.4 Å². The van der Waals surface area contributed by atoms with Gasteiger partial charge in [0.15, 0.2) is 5.82 Å². The van der Waals surface area contributed by atoms with Crippen molar-refractivity contribution in [3.8, 4) is 0 Å². The van der Waals surface area contributed by atoms with E-state index in [2.05, 4.69) is 20.0 Å². The first-order valence-corrected chi connectivity index (χ1v) is 8.60. The number of carbonyl (C=O) groups excluding carboxylic acids is 2. The molecule has 3 rings (SSSR count). The molecule has 2 aromatic carbocycles. The summed E-state index contributed by atoms with van der Waals surface area (Å²) in [5, 5.41) is 6.93. The van der Waals surface area contributed by atoms with Crippen LogP contribution in [0.5, 0.6) is 0 Å². The number of halogens is 1. The van der Waals surface area contributed by atoms with E-state index in [0.717, 1.165) is 11.1 Å². The number of amides is 2. The Hall–Kier alpha value is -3.19. The predicted octanol–water partition coefficient (Wildman–Crippen LogP) is 2.66. The van der Waals surface area contributed by atoms with Crippen molar-refractivity contribution in [1.29, 1.82) is 0 Å². The minimum absolute atomic E-state index is 0.0344. The van der Waals surface area contributed by atoms with Crippen LogP contribution in [0.15, 0.2) is 59.1 Å². The zero-order valence-electron chi connectivity index (χ0n) is 14.3. The fraction of sp³-hybridized carbons (Fsp3) is 0.158. The minimum atomic E-state index is -0.815. The van der Waals surface area contributed by atoms with Crippen LogP contribution in [-0.2, 0) is 11.3 Å². The van der Waals surface area contributed by atoms with Gasteiger partial charge in [-0.15, -0.1) is 0 Å². The average molecular weight is 385 g/mol. The molecule has 0 bridgehead atoms. The Morgan fingerprint density at radius 1 is 1.11 bits per heavy atom. The second-order valence-electron chi connectivity index (χ2n) is 5.88. The van der Waals surface area contributed by atoms with Gasteiger partial charge in [0.2, 0.25) is 5.91 Å². The van der Waals surface area contributed by atoms with E-state index in [0.29, 0.717) is 5.02 Å². The lowest BCUT2D eigenvalue weighted by Gasteiger charge is -2.18. The van der Waals surface area contributed by atoms with Crippen molar-refractivity contribution in [2.75, 3.05) is 0 Å². The molecule has 0 radical (unpaired) electrons. The van der Waals surface area contributed by atoms with Crippen LogP contribution in [0.3, 0.4) is 0 Å². The summed E-state index contributed by atoms with van der Waals surface area (Å²) in [5.41, 5.74) is 7.01. The van der Waals surface area contributed by atoms with E-state index in [1.807, 2.05) is 48.5 Å². The zero-order chi connectivity index (χ0) is 19.2. The Bertz CT molecular complexity index is 943. The number of benzene rings is 2. The van der Waals surface area contributed by atoms with E-state index in [-0.39, 0.29) is 36.5 Å². The summed E-state index contributed by atoms with van der Waals surface area (Å²) in [6, 6.07) is 17.2. The normalized spacial score (nSPS) is 11.7. The van der Waals surface area contributed by atoms with E-state index in [4.69, 9.17) is 17.3 Å². The standard InChI is InChI=1S/C19H17ClN4O3/c20-14-8-4-7-13(9-14)15(12-5-2-1-3-6-12)10-17(25)22-11-16-23-19(18(21)26)27-24-16/h1-9,15H,10-11H2,(H2,21,26)(H,22,25). The Kier molecular flexibility index (Phi) is 5.83. The number of hydrogen-bond acceptors (Lipinski definition) is 5. The monoisotopic (exact) mass is 384 g/mol. The van der Waals surface area contributed by atoms with Crippen LogP contribution < -0.4 is 11.1 Å². The Morgan fingerprint density at radius 3 is 2.52 bits per heavy atom. The maximum atomic E-state index is 12.5. The van der Waals surface area contributed by atoms with Gasteiger partial charge in [-0.3, -0.25) is 9.59 Å². The number of aromatic nitrogens is 2. The van der Waals surface area contributed by atoms with Gasteiger partial charge < -0.3 is 15.6 Å². The minimum Gasteiger partial charge on any atom is -0.361 e. The van der Waals surface area contributed by atoms with Crippen LogP contribution >= 0.6 is 11.6 Å². The molecule has 0 aliphatic heterocycles. The summed E-state index contributed by atoms with van der Waals surface area (Å²) in [6.07, 6.45) is 0.213. The maximum absolute atomic E-state index is 12.5. The molecule has 1 heterocycles. The second kappa shape index (κ2) is 8.46. The van der Waals surface area contributed by atoms with E-state index in [1.165, 1.54) is 0 Å². The first kappa shape index (κ1) is 18.6. The lowest BCUT2D eigenvalue weighted by molar-refractivity contribution is -0.121. The molecule has 8 heteroatoms. The first-order chi connectivity index (χ1) is 13.0. The van der Waals surface area contributed by atoms with Gasteiger partial charge in [-0.05, 0) is 23.3 Å². The SMILES string of the molecule is NC(=O)c1nc(CNC(=O)CC(c2ccccc2)c2cccc(Cl)c2)no1. The quantitative estimate of drug-likeness (QED) is 0.650. The summed E-state index contributed by atoms with van der Waals surface area (Å²) >= 11 is 6.12.